The first-order valence-corrected chi connectivity index (χ1v) is 8.37. The summed E-state index contributed by atoms with van der Waals surface area (Å²) >= 11 is 3.24. The van der Waals surface area contributed by atoms with Crippen molar-refractivity contribution in [2.75, 3.05) is 13.4 Å². The van der Waals surface area contributed by atoms with Crippen LogP contribution in [0.4, 0.5) is 0 Å². The highest BCUT2D eigenvalue weighted by Gasteiger charge is 2.08. The SMILES string of the molecule is COC(=O)/C=C/c1sc(SC)cc1OCc1ccccc1. The molecule has 110 valence electrons. The van der Waals surface area contributed by atoms with E-state index in [1.54, 1.807) is 29.2 Å². The molecule has 0 unspecified atom stereocenters. The largest absolute Gasteiger partial charge is 0.487 e. The lowest BCUT2D eigenvalue weighted by Crippen LogP contribution is -1.95. The van der Waals surface area contributed by atoms with E-state index in [4.69, 9.17) is 4.74 Å². The standard InChI is InChI=1S/C16H16O3S2/c1-18-15(17)9-8-14-13(10-16(20-2)21-14)19-11-12-6-4-3-5-7-12/h3-10H,11H2,1-2H3/b9-8+. The highest BCUT2D eigenvalue weighted by molar-refractivity contribution is 8.00. The second-order valence-corrected chi connectivity index (χ2v) is 6.32. The second-order valence-electron chi connectivity index (χ2n) is 4.13. The summed E-state index contributed by atoms with van der Waals surface area (Å²) in [4.78, 5) is 12.1. The van der Waals surface area contributed by atoms with E-state index in [9.17, 15) is 4.79 Å². The minimum Gasteiger partial charge on any atom is -0.487 e. The van der Waals surface area contributed by atoms with E-state index < -0.39 is 0 Å². The van der Waals surface area contributed by atoms with Gasteiger partial charge in [0.2, 0.25) is 0 Å². The topological polar surface area (TPSA) is 35.5 Å². The fraction of sp³-hybridized carbons (Fsp3) is 0.188. The summed E-state index contributed by atoms with van der Waals surface area (Å²) in [6.45, 7) is 0.504. The van der Waals surface area contributed by atoms with Crippen LogP contribution in [0.15, 0.2) is 46.7 Å². The zero-order valence-corrected chi connectivity index (χ0v) is 13.5. The van der Waals surface area contributed by atoms with Crippen LogP contribution in [0.3, 0.4) is 0 Å². The minimum atomic E-state index is -0.372. The summed E-state index contributed by atoms with van der Waals surface area (Å²) in [5.41, 5.74) is 1.11. The molecule has 21 heavy (non-hydrogen) atoms. The van der Waals surface area contributed by atoms with Gasteiger partial charge in [0, 0.05) is 12.1 Å². The molecular weight excluding hydrogens is 304 g/mol. The summed E-state index contributed by atoms with van der Waals surface area (Å²) < 4.78 is 11.6. The van der Waals surface area contributed by atoms with Crippen LogP contribution in [-0.4, -0.2) is 19.3 Å². The fourth-order valence-corrected chi connectivity index (χ4v) is 3.21. The van der Waals surface area contributed by atoms with Crippen molar-refractivity contribution >= 4 is 35.1 Å². The smallest absolute Gasteiger partial charge is 0.330 e. The second kappa shape index (κ2) is 7.90. The fourth-order valence-electron chi connectivity index (χ4n) is 1.64. The summed E-state index contributed by atoms with van der Waals surface area (Å²) in [6, 6.07) is 12.0. The molecule has 0 fully saturated rings. The average Bonchev–Trinajstić information content (AvgIpc) is 2.94. The van der Waals surface area contributed by atoms with Gasteiger partial charge in [-0.05, 0) is 17.9 Å². The third kappa shape index (κ3) is 4.65. The van der Waals surface area contributed by atoms with E-state index >= 15 is 0 Å². The molecular formula is C16H16O3S2. The Morgan fingerprint density at radius 2 is 2.10 bits per heavy atom. The molecule has 0 aliphatic rings. The molecule has 0 saturated heterocycles. The van der Waals surface area contributed by atoms with Crippen molar-refractivity contribution in [3.63, 3.8) is 0 Å². The molecule has 0 aliphatic carbocycles. The number of ether oxygens (including phenoxy) is 2. The molecule has 0 aliphatic heterocycles. The van der Waals surface area contributed by atoms with Crippen molar-refractivity contribution in [1.29, 1.82) is 0 Å². The lowest BCUT2D eigenvalue weighted by molar-refractivity contribution is -0.134. The van der Waals surface area contributed by atoms with Crippen LogP contribution in [0, 0.1) is 0 Å². The van der Waals surface area contributed by atoms with Gasteiger partial charge in [-0.2, -0.15) is 0 Å². The Balaban J connectivity index is 2.12. The highest BCUT2D eigenvalue weighted by atomic mass is 32.2. The molecule has 2 aromatic rings. The third-order valence-corrected chi connectivity index (χ3v) is 4.86. The maximum absolute atomic E-state index is 11.2. The molecule has 5 heteroatoms. The zero-order valence-electron chi connectivity index (χ0n) is 11.9. The van der Waals surface area contributed by atoms with Gasteiger partial charge in [0.15, 0.2) is 0 Å². The Hall–Kier alpha value is -1.72. The summed E-state index contributed by atoms with van der Waals surface area (Å²) in [5, 5.41) is 0. The minimum absolute atomic E-state index is 0.372. The Bertz CT molecular complexity index is 618. The van der Waals surface area contributed by atoms with Gasteiger partial charge >= 0.3 is 5.97 Å². The van der Waals surface area contributed by atoms with Crippen LogP contribution < -0.4 is 4.74 Å². The first kappa shape index (κ1) is 15.7. The van der Waals surface area contributed by atoms with Crippen molar-refractivity contribution in [2.24, 2.45) is 0 Å². The van der Waals surface area contributed by atoms with Crippen LogP contribution in [0.25, 0.3) is 6.08 Å². The Kier molecular flexibility index (Phi) is 5.90. The summed E-state index contributed by atoms with van der Waals surface area (Å²) in [6.07, 6.45) is 5.16. The van der Waals surface area contributed by atoms with Crippen LogP contribution in [-0.2, 0) is 16.1 Å². The van der Waals surface area contributed by atoms with Gasteiger partial charge in [-0.3, -0.25) is 0 Å². The van der Waals surface area contributed by atoms with Crippen LogP contribution >= 0.6 is 23.1 Å². The van der Waals surface area contributed by atoms with Crippen molar-refractivity contribution < 1.29 is 14.3 Å². The van der Waals surface area contributed by atoms with E-state index in [1.165, 1.54) is 13.2 Å². The lowest BCUT2D eigenvalue weighted by atomic mass is 10.2. The predicted octanol–water partition coefficient (Wildman–Crippen LogP) is 4.24. The lowest BCUT2D eigenvalue weighted by Gasteiger charge is -2.05. The third-order valence-electron chi connectivity index (χ3n) is 2.71. The molecule has 0 atom stereocenters. The molecule has 1 heterocycles. The number of carbonyl (C=O) groups excluding carboxylic acids is 1. The Labute approximate surface area is 132 Å². The van der Waals surface area contributed by atoms with Crippen molar-refractivity contribution in [3.05, 3.63) is 52.9 Å². The Morgan fingerprint density at radius 3 is 2.76 bits per heavy atom. The molecule has 0 spiro atoms. The van der Waals surface area contributed by atoms with E-state index in [0.717, 1.165) is 20.4 Å². The quantitative estimate of drug-likeness (QED) is 0.453. The van der Waals surface area contributed by atoms with E-state index in [1.807, 2.05) is 42.7 Å². The zero-order chi connectivity index (χ0) is 15.1. The molecule has 0 N–H and O–H groups in total. The first-order valence-electron chi connectivity index (χ1n) is 6.33. The molecule has 0 radical (unpaired) electrons. The van der Waals surface area contributed by atoms with Crippen LogP contribution in [0.2, 0.25) is 0 Å². The first-order chi connectivity index (χ1) is 10.2. The molecule has 3 nitrogen and oxygen atoms in total. The summed E-state index contributed by atoms with van der Waals surface area (Å²) in [5.74, 6) is 0.413. The monoisotopic (exact) mass is 320 g/mol. The van der Waals surface area contributed by atoms with Crippen molar-refractivity contribution in [3.8, 4) is 5.75 Å². The normalized spacial score (nSPS) is 10.8. The Morgan fingerprint density at radius 1 is 1.33 bits per heavy atom. The number of thiophene rings is 1. The van der Waals surface area contributed by atoms with Gasteiger partial charge in [-0.1, -0.05) is 30.3 Å². The van der Waals surface area contributed by atoms with E-state index in [-0.39, 0.29) is 5.97 Å². The molecule has 0 saturated carbocycles. The van der Waals surface area contributed by atoms with Gasteiger partial charge in [0.25, 0.3) is 0 Å². The van der Waals surface area contributed by atoms with Crippen molar-refractivity contribution in [2.45, 2.75) is 10.8 Å². The van der Waals surface area contributed by atoms with Crippen LogP contribution in [0.5, 0.6) is 5.75 Å². The number of hydrogen-bond acceptors (Lipinski definition) is 5. The maximum atomic E-state index is 11.2. The van der Waals surface area contributed by atoms with Gasteiger partial charge < -0.3 is 9.47 Å². The molecule has 0 bridgehead atoms. The number of methoxy groups -OCH3 is 1. The molecule has 0 amide bonds. The summed E-state index contributed by atoms with van der Waals surface area (Å²) in [7, 11) is 1.36. The van der Waals surface area contributed by atoms with E-state index in [2.05, 4.69) is 4.74 Å². The van der Waals surface area contributed by atoms with Gasteiger partial charge in [-0.25, -0.2) is 4.79 Å². The maximum Gasteiger partial charge on any atom is 0.330 e. The average molecular weight is 320 g/mol. The number of benzene rings is 1. The van der Waals surface area contributed by atoms with Gasteiger partial charge in [0.1, 0.15) is 12.4 Å². The number of esters is 1. The number of rotatable bonds is 6. The van der Waals surface area contributed by atoms with Gasteiger partial charge in [0.05, 0.1) is 16.2 Å². The molecule has 2 rings (SSSR count). The number of thioether (sulfide) groups is 1. The molecule has 1 aromatic carbocycles. The predicted molar refractivity (Wildman–Crippen MR) is 87.9 cm³/mol. The molecule has 1 aromatic heterocycles. The number of carbonyl (C=O) groups is 1. The van der Waals surface area contributed by atoms with E-state index in [0.29, 0.717) is 6.61 Å². The number of hydrogen-bond donors (Lipinski definition) is 0. The highest BCUT2D eigenvalue weighted by Crippen LogP contribution is 2.36. The van der Waals surface area contributed by atoms with Crippen molar-refractivity contribution in [1.82, 2.24) is 0 Å². The van der Waals surface area contributed by atoms with Gasteiger partial charge in [-0.15, -0.1) is 23.1 Å². The van der Waals surface area contributed by atoms with Crippen LogP contribution in [0.1, 0.15) is 10.4 Å².